The summed E-state index contributed by atoms with van der Waals surface area (Å²) in [6.07, 6.45) is 5.13. The maximum absolute atomic E-state index is 12.3. The summed E-state index contributed by atoms with van der Waals surface area (Å²) in [5, 5.41) is 5.61. The van der Waals surface area contributed by atoms with Gasteiger partial charge in [0.1, 0.15) is 0 Å². The molecule has 0 aromatic heterocycles. The van der Waals surface area contributed by atoms with Gasteiger partial charge in [-0.2, -0.15) is 0 Å². The molecule has 2 N–H and O–H groups in total. The molecular weight excluding hydrogens is 368 g/mol. The molecule has 158 valence electrons. The van der Waals surface area contributed by atoms with Crippen LogP contribution in [0.25, 0.3) is 0 Å². The van der Waals surface area contributed by atoms with Crippen molar-refractivity contribution in [3.05, 3.63) is 29.8 Å². The molecule has 0 spiro atoms. The van der Waals surface area contributed by atoms with E-state index >= 15 is 0 Å². The fraction of sp³-hybridized carbons (Fsp3) is 0.591. The zero-order chi connectivity index (χ0) is 20.9. The molecular formula is C22H32N4O3. The standard InChI is InChI=1S/C22H32N4O3/c1-22(2,25-12-4-3-5-13-25)16-24-19(27)15-23-21(29)17-8-10-18(11-9-17)26-14-6-7-20(26)28/h8-11H,3-7,12-16H2,1-2H3,(H,23,29)(H,24,27). The van der Waals surface area contributed by atoms with E-state index in [2.05, 4.69) is 29.4 Å². The van der Waals surface area contributed by atoms with Crippen molar-refractivity contribution in [2.75, 3.05) is 37.6 Å². The van der Waals surface area contributed by atoms with Crippen molar-refractivity contribution in [3.63, 3.8) is 0 Å². The van der Waals surface area contributed by atoms with Gasteiger partial charge in [-0.3, -0.25) is 19.3 Å². The van der Waals surface area contributed by atoms with Crippen LogP contribution in [0.1, 0.15) is 56.3 Å². The Morgan fingerprint density at radius 1 is 0.966 bits per heavy atom. The number of anilines is 1. The Morgan fingerprint density at radius 2 is 1.66 bits per heavy atom. The predicted molar refractivity (Wildman–Crippen MR) is 113 cm³/mol. The molecule has 7 nitrogen and oxygen atoms in total. The monoisotopic (exact) mass is 400 g/mol. The van der Waals surface area contributed by atoms with Crippen molar-refractivity contribution in [2.45, 2.75) is 51.5 Å². The highest BCUT2D eigenvalue weighted by Gasteiger charge is 2.28. The molecule has 7 heteroatoms. The average Bonchev–Trinajstić information content (AvgIpc) is 3.17. The van der Waals surface area contributed by atoms with Crippen molar-refractivity contribution >= 4 is 23.4 Å². The van der Waals surface area contributed by atoms with Crippen LogP contribution in [0.3, 0.4) is 0 Å². The second-order valence-electron chi connectivity index (χ2n) is 8.52. The topological polar surface area (TPSA) is 81.8 Å². The third-order valence-electron chi connectivity index (χ3n) is 5.85. The number of benzene rings is 1. The van der Waals surface area contributed by atoms with E-state index in [9.17, 15) is 14.4 Å². The lowest BCUT2D eigenvalue weighted by atomic mass is 9.98. The molecule has 0 saturated carbocycles. The van der Waals surface area contributed by atoms with Crippen LogP contribution < -0.4 is 15.5 Å². The molecule has 0 aliphatic carbocycles. The number of rotatable bonds is 7. The summed E-state index contributed by atoms with van der Waals surface area (Å²) in [5.74, 6) is -0.371. The molecule has 0 bridgehead atoms. The Balaban J connectivity index is 1.43. The molecule has 0 atom stereocenters. The van der Waals surface area contributed by atoms with Crippen LogP contribution in [0, 0.1) is 0 Å². The van der Waals surface area contributed by atoms with E-state index in [0.717, 1.165) is 31.7 Å². The summed E-state index contributed by atoms with van der Waals surface area (Å²) in [6, 6.07) is 6.93. The van der Waals surface area contributed by atoms with Gasteiger partial charge in [-0.25, -0.2) is 0 Å². The Labute approximate surface area is 172 Å². The minimum absolute atomic E-state index is 0.0543. The summed E-state index contributed by atoms with van der Waals surface area (Å²) >= 11 is 0. The van der Waals surface area contributed by atoms with Crippen molar-refractivity contribution in [1.29, 1.82) is 0 Å². The zero-order valence-electron chi connectivity index (χ0n) is 17.5. The number of hydrogen-bond acceptors (Lipinski definition) is 4. The Bertz CT molecular complexity index is 739. The van der Waals surface area contributed by atoms with Gasteiger partial charge in [-0.15, -0.1) is 0 Å². The summed E-state index contributed by atoms with van der Waals surface area (Å²) in [4.78, 5) is 40.5. The number of hydrogen-bond donors (Lipinski definition) is 2. The lowest BCUT2D eigenvalue weighted by Crippen LogP contribution is -2.54. The van der Waals surface area contributed by atoms with Crippen LogP contribution in [0.15, 0.2) is 24.3 Å². The van der Waals surface area contributed by atoms with Crippen LogP contribution in [-0.4, -0.2) is 60.9 Å². The van der Waals surface area contributed by atoms with E-state index in [4.69, 9.17) is 0 Å². The van der Waals surface area contributed by atoms with Crippen LogP contribution in [-0.2, 0) is 9.59 Å². The maximum atomic E-state index is 12.3. The van der Waals surface area contributed by atoms with Crippen LogP contribution in [0.4, 0.5) is 5.69 Å². The number of likely N-dealkylation sites (tertiary alicyclic amines) is 1. The number of nitrogens with zero attached hydrogens (tertiary/aromatic N) is 2. The molecule has 2 aliphatic heterocycles. The molecule has 3 amide bonds. The van der Waals surface area contributed by atoms with E-state index in [1.54, 1.807) is 29.2 Å². The predicted octanol–water partition coefficient (Wildman–Crippen LogP) is 1.92. The Hall–Kier alpha value is -2.41. The summed E-state index contributed by atoms with van der Waals surface area (Å²) in [5.41, 5.74) is 1.19. The van der Waals surface area contributed by atoms with Gasteiger partial charge in [-0.1, -0.05) is 6.42 Å². The van der Waals surface area contributed by atoms with E-state index in [-0.39, 0.29) is 29.8 Å². The lowest BCUT2D eigenvalue weighted by Gasteiger charge is -2.41. The van der Waals surface area contributed by atoms with E-state index < -0.39 is 0 Å². The third-order valence-corrected chi connectivity index (χ3v) is 5.85. The Kier molecular flexibility index (Phi) is 6.90. The summed E-state index contributed by atoms with van der Waals surface area (Å²) in [7, 11) is 0. The van der Waals surface area contributed by atoms with E-state index in [1.165, 1.54) is 19.3 Å². The van der Waals surface area contributed by atoms with E-state index in [1.807, 2.05) is 0 Å². The zero-order valence-corrected chi connectivity index (χ0v) is 17.5. The molecule has 3 rings (SSSR count). The van der Waals surface area contributed by atoms with Crippen molar-refractivity contribution < 1.29 is 14.4 Å². The van der Waals surface area contributed by atoms with Crippen molar-refractivity contribution in [2.24, 2.45) is 0 Å². The largest absolute Gasteiger partial charge is 0.353 e. The second-order valence-corrected chi connectivity index (χ2v) is 8.52. The fourth-order valence-corrected chi connectivity index (χ4v) is 3.96. The molecule has 29 heavy (non-hydrogen) atoms. The van der Waals surface area contributed by atoms with Gasteiger partial charge in [0.25, 0.3) is 5.91 Å². The number of nitrogens with one attached hydrogen (secondary N) is 2. The molecule has 2 heterocycles. The van der Waals surface area contributed by atoms with Gasteiger partial charge >= 0.3 is 0 Å². The number of carbonyl (C=O) groups is 3. The summed E-state index contributed by atoms with van der Waals surface area (Å²) < 4.78 is 0. The minimum atomic E-state index is -0.297. The van der Waals surface area contributed by atoms with Crippen LogP contribution in [0.5, 0.6) is 0 Å². The maximum Gasteiger partial charge on any atom is 0.251 e. The van der Waals surface area contributed by atoms with Gasteiger partial charge in [-0.05, 0) is 70.5 Å². The average molecular weight is 401 g/mol. The molecule has 1 aromatic rings. The first-order chi connectivity index (χ1) is 13.9. The SMILES string of the molecule is CC(C)(CNC(=O)CNC(=O)c1ccc(N2CCCC2=O)cc1)N1CCCCC1. The highest BCUT2D eigenvalue weighted by atomic mass is 16.2. The summed E-state index contributed by atoms with van der Waals surface area (Å²) in [6.45, 7) is 7.64. The quantitative estimate of drug-likeness (QED) is 0.733. The molecule has 2 aliphatic rings. The molecule has 0 radical (unpaired) electrons. The first-order valence-electron chi connectivity index (χ1n) is 10.6. The van der Waals surface area contributed by atoms with Gasteiger partial charge in [0.15, 0.2) is 0 Å². The molecule has 2 saturated heterocycles. The van der Waals surface area contributed by atoms with Gasteiger partial charge in [0.2, 0.25) is 11.8 Å². The Morgan fingerprint density at radius 3 is 2.28 bits per heavy atom. The molecule has 0 unspecified atom stereocenters. The number of amides is 3. The molecule has 1 aromatic carbocycles. The van der Waals surface area contributed by atoms with Crippen molar-refractivity contribution in [3.8, 4) is 0 Å². The highest BCUT2D eigenvalue weighted by Crippen LogP contribution is 2.22. The number of piperidine rings is 1. The van der Waals surface area contributed by atoms with Gasteiger partial charge in [0, 0.05) is 36.3 Å². The van der Waals surface area contributed by atoms with Gasteiger partial charge in [0.05, 0.1) is 6.54 Å². The molecule has 2 fully saturated rings. The van der Waals surface area contributed by atoms with Crippen molar-refractivity contribution in [1.82, 2.24) is 15.5 Å². The fourth-order valence-electron chi connectivity index (χ4n) is 3.96. The van der Waals surface area contributed by atoms with Crippen LogP contribution >= 0.6 is 0 Å². The van der Waals surface area contributed by atoms with E-state index in [0.29, 0.717) is 18.5 Å². The first kappa shape index (κ1) is 21.3. The second kappa shape index (κ2) is 9.39. The smallest absolute Gasteiger partial charge is 0.251 e. The first-order valence-corrected chi connectivity index (χ1v) is 10.6. The lowest BCUT2D eigenvalue weighted by molar-refractivity contribution is -0.120. The van der Waals surface area contributed by atoms with Gasteiger partial charge < -0.3 is 15.5 Å². The number of carbonyl (C=O) groups excluding carboxylic acids is 3. The minimum Gasteiger partial charge on any atom is -0.353 e. The van der Waals surface area contributed by atoms with Crippen LogP contribution in [0.2, 0.25) is 0 Å². The normalized spacial score (nSPS) is 18.0. The third kappa shape index (κ3) is 5.56. The highest BCUT2D eigenvalue weighted by molar-refractivity contribution is 5.98.